The summed E-state index contributed by atoms with van der Waals surface area (Å²) in [6, 6.07) is 1.29. The number of hydrogen-bond acceptors (Lipinski definition) is 4. The zero-order valence-corrected chi connectivity index (χ0v) is 15.4. The van der Waals surface area contributed by atoms with Crippen molar-refractivity contribution in [3.05, 3.63) is 0 Å². The second-order valence-corrected chi connectivity index (χ2v) is 6.75. The van der Waals surface area contributed by atoms with Crippen LogP contribution in [0.15, 0.2) is 4.99 Å². The van der Waals surface area contributed by atoms with Crippen LogP contribution in [0.1, 0.15) is 26.7 Å². The fourth-order valence-electron chi connectivity index (χ4n) is 3.38. The van der Waals surface area contributed by atoms with Gasteiger partial charge in [-0.3, -0.25) is 9.89 Å². The summed E-state index contributed by atoms with van der Waals surface area (Å²) in [5, 5.41) is 3.54. The third-order valence-corrected chi connectivity index (χ3v) is 5.33. The fourth-order valence-corrected chi connectivity index (χ4v) is 3.38. The van der Waals surface area contributed by atoms with E-state index in [1.165, 1.54) is 12.8 Å². The van der Waals surface area contributed by atoms with Crippen LogP contribution in [0.2, 0.25) is 0 Å². The number of rotatable bonds is 6. The van der Waals surface area contributed by atoms with Crippen molar-refractivity contribution >= 4 is 5.96 Å². The molecule has 0 spiro atoms. The molecule has 0 saturated carbocycles. The van der Waals surface area contributed by atoms with Gasteiger partial charge < -0.3 is 19.9 Å². The summed E-state index contributed by atoms with van der Waals surface area (Å²) in [6.45, 7) is 12.6. The molecule has 1 N–H and O–H groups in total. The lowest BCUT2D eigenvalue weighted by atomic mass is 10.2. The monoisotopic (exact) mass is 325 g/mol. The first-order valence-electron chi connectivity index (χ1n) is 9.13. The predicted octanol–water partition coefficient (Wildman–Crippen LogP) is 0.699. The van der Waals surface area contributed by atoms with E-state index >= 15 is 0 Å². The number of nitrogens with one attached hydrogen (secondary N) is 1. The Morgan fingerprint density at radius 3 is 2.74 bits per heavy atom. The third-order valence-electron chi connectivity index (χ3n) is 5.33. The number of ether oxygens (including phenoxy) is 1. The molecule has 2 saturated heterocycles. The maximum absolute atomic E-state index is 5.46. The van der Waals surface area contributed by atoms with E-state index in [2.05, 4.69) is 45.9 Å². The molecule has 23 heavy (non-hydrogen) atoms. The summed E-state index contributed by atoms with van der Waals surface area (Å²) in [5.41, 5.74) is 0. The number of guanidine groups is 1. The van der Waals surface area contributed by atoms with Crippen molar-refractivity contribution < 1.29 is 4.74 Å². The fraction of sp³-hybridized carbons (Fsp3) is 0.941. The third kappa shape index (κ3) is 5.33. The Morgan fingerprint density at radius 1 is 1.35 bits per heavy atom. The van der Waals surface area contributed by atoms with Gasteiger partial charge in [0.2, 0.25) is 0 Å². The SMILES string of the molecule is CCC(C)N(C)CCNC(=NC)N1CCC(N2CCOCC2)C1. The van der Waals surface area contributed by atoms with Gasteiger partial charge in [-0.1, -0.05) is 6.92 Å². The minimum atomic E-state index is 0.635. The van der Waals surface area contributed by atoms with Gasteiger partial charge >= 0.3 is 0 Å². The van der Waals surface area contributed by atoms with Crippen LogP contribution in [-0.4, -0.2) is 99.3 Å². The van der Waals surface area contributed by atoms with E-state index in [1.54, 1.807) is 0 Å². The first kappa shape index (κ1) is 18.5. The molecule has 2 heterocycles. The molecule has 2 unspecified atom stereocenters. The second kappa shape index (κ2) is 9.45. The maximum atomic E-state index is 5.46. The highest BCUT2D eigenvalue weighted by Gasteiger charge is 2.30. The lowest BCUT2D eigenvalue weighted by Gasteiger charge is -2.32. The predicted molar refractivity (Wildman–Crippen MR) is 96.1 cm³/mol. The molecule has 0 radical (unpaired) electrons. The number of morpholine rings is 1. The van der Waals surface area contributed by atoms with Gasteiger partial charge in [0.1, 0.15) is 0 Å². The van der Waals surface area contributed by atoms with Crippen molar-refractivity contribution in [2.45, 2.75) is 38.8 Å². The van der Waals surface area contributed by atoms with E-state index in [0.717, 1.165) is 58.4 Å². The quantitative estimate of drug-likeness (QED) is 0.575. The highest BCUT2D eigenvalue weighted by atomic mass is 16.5. The lowest BCUT2D eigenvalue weighted by molar-refractivity contribution is 0.0195. The van der Waals surface area contributed by atoms with Gasteiger partial charge in [-0.15, -0.1) is 0 Å². The molecule has 2 aliphatic rings. The summed E-state index contributed by atoms with van der Waals surface area (Å²) in [7, 11) is 4.09. The van der Waals surface area contributed by atoms with Crippen molar-refractivity contribution in [1.29, 1.82) is 0 Å². The van der Waals surface area contributed by atoms with Gasteiger partial charge in [-0.2, -0.15) is 0 Å². The maximum Gasteiger partial charge on any atom is 0.193 e. The van der Waals surface area contributed by atoms with Crippen molar-refractivity contribution in [2.24, 2.45) is 4.99 Å². The van der Waals surface area contributed by atoms with E-state index < -0.39 is 0 Å². The summed E-state index contributed by atoms with van der Waals surface area (Å²) in [5.74, 6) is 1.05. The van der Waals surface area contributed by atoms with Gasteiger partial charge in [0.15, 0.2) is 5.96 Å². The van der Waals surface area contributed by atoms with Gasteiger partial charge in [0.05, 0.1) is 13.2 Å². The van der Waals surface area contributed by atoms with Crippen LogP contribution in [0.25, 0.3) is 0 Å². The van der Waals surface area contributed by atoms with Crippen LogP contribution in [0, 0.1) is 0 Å². The Morgan fingerprint density at radius 2 is 2.09 bits per heavy atom. The molecular weight excluding hydrogens is 290 g/mol. The van der Waals surface area contributed by atoms with Crippen molar-refractivity contribution in [2.75, 3.05) is 66.6 Å². The largest absolute Gasteiger partial charge is 0.379 e. The standard InChI is InChI=1S/C17H35N5O/c1-5-15(2)20(4)9-7-19-17(18-3)22-8-6-16(14-22)21-10-12-23-13-11-21/h15-16H,5-14H2,1-4H3,(H,18,19). The first-order valence-corrected chi connectivity index (χ1v) is 9.13. The van der Waals surface area contributed by atoms with Gasteiger partial charge in [0.25, 0.3) is 0 Å². The highest BCUT2D eigenvalue weighted by molar-refractivity contribution is 5.80. The number of likely N-dealkylation sites (N-methyl/N-ethyl adjacent to an activating group) is 1. The van der Waals surface area contributed by atoms with Crippen LogP contribution < -0.4 is 5.32 Å². The molecule has 6 nitrogen and oxygen atoms in total. The van der Waals surface area contributed by atoms with Crippen molar-refractivity contribution in [3.8, 4) is 0 Å². The zero-order valence-electron chi connectivity index (χ0n) is 15.4. The van der Waals surface area contributed by atoms with E-state index in [1.807, 2.05) is 7.05 Å². The molecule has 0 bridgehead atoms. The zero-order chi connectivity index (χ0) is 16.7. The normalized spacial score (nSPS) is 25.2. The smallest absolute Gasteiger partial charge is 0.193 e. The van der Waals surface area contributed by atoms with Gasteiger partial charge in [-0.25, -0.2) is 0 Å². The topological polar surface area (TPSA) is 43.3 Å². The molecule has 0 aliphatic carbocycles. The number of likely N-dealkylation sites (tertiary alicyclic amines) is 1. The molecule has 2 atom stereocenters. The number of aliphatic imine (C=N–C) groups is 1. The second-order valence-electron chi connectivity index (χ2n) is 6.75. The molecule has 2 fully saturated rings. The average Bonchev–Trinajstić information content (AvgIpc) is 3.08. The van der Waals surface area contributed by atoms with Crippen LogP contribution in [0.5, 0.6) is 0 Å². The van der Waals surface area contributed by atoms with Gasteiger partial charge in [-0.05, 0) is 26.8 Å². The minimum Gasteiger partial charge on any atom is -0.379 e. The van der Waals surface area contributed by atoms with Crippen LogP contribution >= 0.6 is 0 Å². The summed E-state index contributed by atoms with van der Waals surface area (Å²) in [6.07, 6.45) is 2.42. The Kier molecular flexibility index (Phi) is 7.59. The molecule has 0 aromatic heterocycles. The highest BCUT2D eigenvalue weighted by Crippen LogP contribution is 2.16. The summed E-state index contributed by atoms with van der Waals surface area (Å²) >= 11 is 0. The Hall–Kier alpha value is -0.850. The molecular formula is C17H35N5O. The van der Waals surface area contributed by atoms with Crippen LogP contribution in [-0.2, 0) is 4.74 Å². The minimum absolute atomic E-state index is 0.635. The van der Waals surface area contributed by atoms with Crippen LogP contribution in [0.3, 0.4) is 0 Å². The summed E-state index contributed by atoms with van der Waals surface area (Å²) in [4.78, 5) is 11.9. The molecule has 134 valence electrons. The van der Waals surface area contributed by atoms with Gasteiger partial charge in [0, 0.05) is 58.4 Å². The van der Waals surface area contributed by atoms with Crippen LogP contribution in [0.4, 0.5) is 0 Å². The van der Waals surface area contributed by atoms with E-state index in [0.29, 0.717) is 12.1 Å². The first-order chi connectivity index (χ1) is 11.2. The number of hydrogen-bond donors (Lipinski definition) is 1. The van der Waals surface area contributed by atoms with E-state index in [4.69, 9.17) is 4.74 Å². The van der Waals surface area contributed by atoms with E-state index in [9.17, 15) is 0 Å². The number of nitrogens with zero attached hydrogens (tertiary/aromatic N) is 4. The van der Waals surface area contributed by atoms with E-state index in [-0.39, 0.29) is 0 Å². The summed E-state index contributed by atoms with van der Waals surface area (Å²) < 4.78 is 5.46. The molecule has 2 aliphatic heterocycles. The average molecular weight is 326 g/mol. The molecule has 6 heteroatoms. The molecule has 0 aromatic carbocycles. The lowest BCUT2D eigenvalue weighted by Crippen LogP contribution is -2.47. The van der Waals surface area contributed by atoms with Crippen molar-refractivity contribution in [1.82, 2.24) is 20.0 Å². The Bertz CT molecular complexity index is 370. The molecule has 0 amide bonds. The Labute approximate surface area is 141 Å². The molecule has 0 aromatic rings. The van der Waals surface area contributed by atoms with Crippen molar-refractivity contribution in [3.63, 3.8) is 0 Å². The Balaban J connectivity index is 1.74. The molecule has 2 rings (SSSR count).